The molecule has 0 fully saturated rings. The molecule has 0 bridgehead atoms. The molecule has 1 unspecified atom stereocenters. The fourth-order valence-electron chi connectivity index (χ4n) is 2.52. The average Bonchev–Trinajstić information content (AvgIpc) is 2.40. The van der Waals surface area contributed by atoms with Gasteiger partial charge in [-0.25, -0.2) is 0 Å². The molecule has 1 aromatic carbocycles. The summed E-state index contributed by atoms with van der Waals surface area (Å²) in [5.41, 5.74) is 9.64. The summed E-state index contributed by atoms with van der Waals surface area (Å²) in [6.45, 7) is 6.05. The minimum absolute atomic E-state index is 0.244. The third-order valence-corrected chi connectivity index (χ3v) is 3.30. The molecule has 3 heteroatoms. The number of fused-ring (bicyclic) bond motifs is 1. The van der Waals surface area contributed by atoms with Crippen LogP contribution >= 0.6 is 0 Å². The van der Waals surface area contributed by atoms with E-state index >= 15 is 0 Å². The molecule has 0 saturated carbocycles. The molecule has 1 aromatic rings. The van der Waals surface area contributed by atoms with Crippen LogP contribution in [0.25, 0.3) is 0 Å². The van der Waals surface area contributed by atoms with Crippen molar-refractivity contribution in [2.24, 2.45) is 5.73 Å². The first kappa shape index (κ1) is 14.8. The summed E-state index contributed by atoms with van der Waals surface area (Å²) < 4.78 is 10.9. The van der Waals surface area contributed by atoms with Crippen LogP contribution in [0, 0.1) is 6.92 Å². The van der Waals surface area contributed by atoms with Crippen molar-refractivity contribution in [3.8, 4) is 11.5 Å². The van der Waals surface area contributed by atoms with Gasteiger partial charge in [-0.3, -0.25) is 0 Å². The van der Waals surface area contributed by atoms with Gasteiger partial charge in [-0.1, -0.05) is 13.8 Å². The molecular weight excluding hydrogens is 226 g/mol. The van der Waals surface area contributed by atoms with E-state index in [1.165, 1.54) is 11.1 Å². The third kappa shape index (κ3) is 2.78. The van der Waals surface area contributed by atoms with E-state index in [9.17, 15) is 0 Å². The second-order valence-corrected chi connectivity index (χ2v) is 4.39. The van der Waals surface area contributed by atoms with E-state index < -0.39 is 0 Å². The summed E-state index contributed by atoms with van der Waals surface area (Å²) in [4.78, 5) is 0. The Morgan fingerprint density at radius 3 is 2.39 bits per heavy atom. The van der Waals surface area contributed by atoms with Crippen LogP contribution < -0.4 is 15.2 Å². The highest BCUT2D eigenvalue weighted by atomic mass is 16.5. The molecule has 1 aliphatic rings. The van der Waals surface area contributed by atoms with Crippen molar-refractivity contribution >= 4 is 0 Å². The van der Waals surface area contributed by atoms with Gasteiger partial charge in [0, 0.05) is 17.2 Å². The maximum absolute atomic E-state index is 6.01. The highest BCUT2D eigenvalue weighted by Crippen LogP contribution is 2.38. The molecule has 102 valence electrons. The monoisotopic (exact) mass is 251 g/mol. The molecule has 3 nitrogen and oxygen atoms in total. The first-order valence-electron chi connectivity index (χ1n) is 6.66. The molecule has 1 atom stereocenters. The number of benzene rings is 1. The normalized spacial score (nSPS) is 17.3. The van der Waals surface area contributed by atoms with E-state index in [-0.39, 0.29) is 6.04 Å². The summed E-state index contributed by atoms with van der Waals surface area (Å²) in [5.74, 6) is 1.95. The fraction of sp³-hybridized carbons (Fsp3) is 0.600. The average molecular weight is 251 g/mol. The number of hydrogen-bond donors (Lipinski definition) is 1. The van der Waals surface area contributed by atoms with Gasteiger partial charge in [0.1, 0.15) is 11.5 Å². The van der Waals surface area contributed by atoms with Crippen molar-refractivity contribution in [1.82, 2.24) is 0 Å². The lowest BCUT2D eigenvalue weighted by Crippen LogP contribution is -2.28. The van der Waals surface area contributed by atoms with Gasteiger partial charge in [-0.15, -0.1) is 0 Å². The summed E-state index contributed by atoms with van der Waals surface area (Å²) in [6, 6.07) is 2.28. The first-order chi connectivity index (χ1) is 8.67. The van der Waals surface area contributed by atoms with E-state index in [0.717, 1.165) is 36.3 Å². The maximum Gasteiger partial charge on any atom is 0.125 e. The van der Waals surface area contributed by atoms with Crippen LogP contribution in [0.15, 0.2) is 6.07 Å². The lowest BCUT2D eigenvalue weighted by molar-refractivity contribution is 0.383. The lowest BCUT2D eigenvalue weighted by Gasteiger charge is -2.26. The highest BCUT2D eigenvalue weighted by molar-refractivity contribution is 5.54. The van der Waals surface area contributed by atoms with Crippen molar-refractivity contribution in [2.45, 2.75) is 46.1 Å². The van der Waals surface area contributed by atoms with Gasteiger partial charge in [0.15, 0.2) is 0 Å². The van der Waals surface area contributed by atoms with Crippen molar-refractivity contribution in [3.63, 3.8) is 0 Å². The smallest absolute Gasteiger partial charge is 0.125 e. The van der Waals surface area contributed by atoms with Crippen LogP contribution in [-0.4, -0.2) is 20.3 Å². The molecule has 1 aliphatic carbocycles. The van der Waals surface area contributed by atoms with Crippen molar-refractivity contribution < 1.29 is 9.47 Å². The van der Waals surface area contributed by atoms with Crippen molar-refractivity contribution in [3.05, 3.63) is 22.8 Å². The Balaban J connectivity index is 0.000000771. The van der Waals surface area contributed by atoms with Gasteiger partial charge in [-0.2, -0.15) is 0 Å². The van der Waals surface area contributed by atoms with Gasteiger partial charge in [0.2, 0.25) is 0 Å². The zero-order valence-electron chi connectivity index (χ0n) is 12.2. The predicted molar refractivity (Wildman–Crippen MR) is 75.6 cm³/mol. The molecule has 0 spiro atoms. The summed E-state index contributed by atoms with van der Waals surface area (Å²) >= 11 is 0. The number of hydrogen-bond acceptors (Lipinski definition) is 3. The molecule has 2 rings (SSSR count). The summed E-state index contributed by atoms with van der Waals surface area (Å²) in [5, 5.41) is 0. The molecule has 0 heterocycles. The first-order valence-corrected chi connectivity index (χ1v) is 6.66. The lowest BCUT2D eigenvalue weighted by atomic mass is 9.86. The Hall–Kier alpha value is -1.22. The molecule has 0 saturated heterocycles. The van der Waals surface area contributed by atoms with E-state index in [1.54, 1.807) is 14.2 Å². The van der Waals surface area contributed by atoms with Crippen molar-refractivity contribution in [2.75, 3.05) is 14.2 Å². The van der Waals surface area contributed by atoms with Gasteiger partial charge in [-0.05, 0) is 37.8 Å². The minimum atomic E-state index is 0.244. The molecule has 0 aliphatic heterocycles. The van der Waals surface area contributed by atoms with E-state index in [4.69, 9.17) is 15.2 Å². The zero-order valence-corrected chi connectivity index (χ0v) is 12.2. The molecule has 0 amide bonds. The molecule has 18 heavy (non-hydrogen) atoms. The molecule has 0 aromatic heterocycles. The quantitative estimate of drug-likeness (QED) is 0.879. The number of ether oxygens (including phenoxy) is 2. The number of nitrogens with two attached hydrogens (primary N) is 1. The number of aryl methyl sites for hydroxylation is 1. The maximum atomic E-state index is 6.01. The van der Waals surface area contributed by atoms with E-state index in [2.05, 4.69) is 6.92 Å². The number of rotatable bonds is 2. The van der Waals surface area contributed by atoms with Gasteiger partial charge < -0.3 is 15.2 Å². The fourth-order valence-corrected chi connectivity index (χ4v) is 2.52. The Bertz CT molecular complexity index is 402. The Morgan fingerprint density at radius 1 is 1.17 bits per heavy atom. The Labute approximate surface area is 110 Å². The summed E-state index contributed by atoms with van der Waals surface area (Å²) in [6.07, 6.45) is 2.89. The van der Waals surface area contributed by atoms with Crippen LogP contribution in [0.2, 0.25) is 0 Å². The van der Waals surface area contributed by atoms with Crippen LogP contribution in [0.4, 0.5) is 0 Å². The van der Waals surface area contributed by atoms with Gasteiger partial charge in [0.25, 0.3) is 0 Å². The largest absolute Gasteiger partial charge is 0.496 e. The third-order valence-electron chi connectivity index (χ3n) is 3.30. The predicted octanol–water partition coefficient (Wildman–Crippen LogP) is 2.85. The summed E-state index contributed by atoms with van der Waals surface area (Å²) in [7, 11) is 3.44. The molecule has 0 radical (unpaired) electrons. The van der Waals surface area contributed by atoms with Gasteiger partial charge >= 0.3 is 0 Å². The second-order valence-electron chi connectivity index (χ2n) is 4.39. The highest BCUT2D eigenvalue weighted by Gasteiger charge is 2.23. The topological polar surface area (TPSA) is 44.5 Å². The van der Waals surface area contributed by atoms with Crippen LogP contribution in [0.3, 0.4) is 0 Å². The van der Waals surface area contributed by atoms with Crippen LogP contribution in [0.1, 0.15) is 37.0 Å². The Morgan fingerprint density at radius 2 is 1.83 bits per heavy atom. The molecule has 2 N–H and O–H groups in total. The van der Waals surface area contributed by atoms with E-state index in [0.29, 0.717) is 0 Å². The Kier molecular flexibility index (Phi) is 5.48. The standard InChI is InChI=1S/C13H19NO2.C2H6/c1-8-6-12(15-2)11-7-9(14)4-5-10(11)13(8)16-3;1-2/h6,9H,4-5,7,14H2,1-3H3;1-2H3. The minimum Gasteiger partial charge on any atom is -0.496 e. The zero-order chi connectivity index (χ0) is 13.7. The van der Waals surface area contributed by atoms with E-state index in [1.807, 2.05) is 19.9 Å². The molecular formula is C15H25NO2. The van der Waals surface area contributed by atoms with Crippen LogP contribution in [0.5, 0.6) is 11.5 Å². The van der Waals surface area contributed by atoms with Crippen LogP contribution in [-0.2, 0) is 12.8 Å². The van der Waals surface area contributed by atoms with Crippen molar-refractivity contribution in [1.29, 1.82) is 0 Å². The van der Waals surface area contributed by atoms with Gasteiger partial charge in [0.05, 0.1) is 14.2 Å². The SMILES string of the molecule is CC.COc1cc(C)c(OC)c2c1CC(N)CC2. The number of methoxy groups -OCH3 is 2. The second kappa shape index (κ2) is 6.64.